The molecule has 0 aliphatic heterocycles. The Morgan fingerprint density at radius 2 is 1.95 bits per heavy atom. The van der Waals surface area contributed by atoms with Crippen LogP contribution in [0.15, 0.2) is 23.1 Å². The second kappa shape index (κ2) is 7.11. The van der Waals surface area contributed by atoms with Gasteiger partial charge in [0.2, 0.25) is 10.0 Å². The molecular formula is C14H23NO5S. The summed E-state index contributed by atoms with van der Waals surface area (Å²) in [5.41, 5.74) is -1.09. The van der Waals surface area contributed by atoms with Gasteiger partial charge < -0.3 is 14.6 Å². The second-order valence-electron chi connectivity index (χ2n) is 5.09. The van der Waals surface area contributed by atoms with Crippen LogP contribution in [-0.2, 0) is 10.0 Å². The standard InChI is InChI=1S/C14H23NO5S/c1-5-8-14(2,16)10-15-21(17,18)13-9-11(19-3)6-7-12(13)20-4/h6-7,9,15-16H,5,8,10H2,1-4H3. The van der Waals surface area contributed by atoms with Crippen LogP contribution in [0.3, 0.4) is 0 Å². The zero-order valence-corrected chi connectivity index (χ0v) is 13.7. The molecule has 1 atom stereocenters. The van der Waals surface area contributed by atoms with Gasteiger partial charge in [-0.15, -0.1) is 0 Å². The van der Waals surface area contributed by atoms with E-state index in [1.165, 1.54) is 26.4 Å². The molecule has 120 valence electrons. The van der Waals surface area contributed by atoms with E-state index in [2.05, 4.69) is 4.72 Å². The second-order valence-corrected chi connectivity index (χ2v) is 6.82. The minimum atomic E-state index is -3.80. The highest BCUT2D eigenvalue weighted by Crippen LogP contribution is 2.28. The SMILES string of the molecule is CCCC(C)(O)CNS(=O)(=O)c1cc(OC)ccc1OC. The lowest BCUT2D eigenvalue weighted by Gasteiger charge is -2.23. The number of rotatable bonds is 8. The fourth-order valence-electron chi connectivity index (χ4n) is 1.95. The van der Waals surface area contributed by atoms with E-state index in [4.69, 9.17) is 9.47 Å². The largest absolute Gasteiger partial charge is 0.497 e. The van der Waals surface area contributed by atoms with Crippen molar-refractivity contribution in [1.82, 2.24) is 4.72 Å². The van der Waals surface area contributed by atoms with Crippen molar-refractivity contribution in [3.8, 4) is 11.5 Å². The van der Waals surface area contributed by atoms with Crippen molar-refractivity contribution in [2.45, 2.75) is 37.2 Å². The number of benzene rings is 1. The zero-order valence-electron chi connectivity index (χ0n) is 12.8. The smallest absolute Gasteiger partial charge is 0.244 e. The normalized spacial score (nSPS) is 14.5. The predicted octanol–water partition coefficient (Wildman–Crippen LogP) is 1.53. The maximum absolute atomic E-state index is 12.4. The Bertz CT molecular complexity index is 569. The summed E-state index contributed by atoms with van der Waals surface area (Å²) in [6.45, 7) is 3.46. The number of hydrogen-bond acceptors (Lipinski definition) is 5. The number of nitrogens with one attached hydrogen (secondary N) is 1. The Kier molecular flexibility index (Phi) is 6.00. The highest BCUT2D eigenvalue weighted by atomic mass is 32.2. The van der Waals surface area contributed by atoms with E-state index in [1.807, 2.05) is 6.92 Å². The van der Waals surface area contributed by atoms with E-state index in [9.17, 15) is 13.5 Å². The summed E-state index contributed by atoms with van der Waals surface area (Å²) in [6, 6.07) is 4.53. The highest BCUT2D eigenvalue weighted by molar-refractivity contribution is 7.89. The monoisotopic (exact) mass is 317 g/mol. The van der Waals surface area contributed by atoms with Gasteiger partial charge in [-0.2, -0.15) is 0 Å². The van der Waals surface area contributed by atoms with Gasteiger partial charge in [-0.25, -0.2) is 13.1 Å². The van der Waals surface area contributed by atoms with Crippen LogP contribution in [0.2, 0.25) is 0 Å². The molecule has 0 amide bonds. The molecular weight excluding hydrogens is 294 g/mol. The first-order chi connectivity index (χ1) is 9.75. The molecule has 0 saturated heterocycles. The summed E-state index contributed by atoms with van der Waals surface area (Å²) in [5, 5.41) is 10.1. The molecule has 0 spiro atoms. The van der Waals surface area contributed by atoms with Crippen LogP contribution in [0.4, 0.5) is 0 Å². The van der Waals surface area contributed by atoms with Crippen LogP contribution in [0, 0.1) is 0 Å². The van der Waals surface area contributed by atoms with E-state index in [-0.39, 0.29) is 17.2 Å². The van der Waals surface area contributed by atoms with E-state index >= 15 is 0 Å². The number of methoxy groups -OCH3 is 2. The topological polar surface area (TPSA) is 84.9 Å². The van der Waals surface area contributed by atoms with Crippen molar-refractivity contribution in [2.24, 2.45) is 0 Å². The Hall–Kier alpha value is -1.31. The minimum absolute atomic E-state index is 0.0170. The van der Waals surface area contributed by atoms with Gasteiger partial charge in [0.15, 0.2) is 0 Å². The summed E-state index contributed by atoms with van der Waals surface area (Å²) in [7, 11) is -0.949. The van der Waals surface area contributed by atoms with Crippen LogP contribution < -0.4 is 14.2 Å². The van der Waals surface area contributed by atoms with Crippen LogP contribution in [0.5, 0.6) is 11.5 Å². The molecule has 21 heavy (non-hydrogen) atoms. The fraction of sp³-hybridized carbons (Fsp3) is 0.571. The molecule has 0 radical (unpaired) electrons. The molecule has 1 unspecified atom stereocenters. The molecule has 0 aliphatic carbocycles. The molecule has 0 saturated carbocycles. The maximum atomic E-state index is 12.4. The van der Waals surface area contributed by atoms with Gasteiger partial charge in [0.05, 0.1) is 19.8 Å². The average molecular weight is 317 g/mol. The van der Waals surface area contributed by atoms with Gasteiger partial charge in [-0.05, 0) is 25.5 Å². The van der Waals surface area contributed by atoms with Crippen molar-refractivity contribution in [3.63, 3.8) is 0 Å². The third kappa shape index (κ3) is 4.87. The van der Waals surface area contributed by atoms with Crippen LogP contribution >= 0.6 is 0 Å². The number of aliphatic hydroxyl groups is 1. The van der Waals surface area contributed by atoms with Crippen LogP contribution in [0.25, 0.3) is 0 Å². The van der Waals surface area contributed by atoms with Gasteiger partial charge in [0.25, 0.3) is 0 Å². The number of sulfonamides is 1. The lowest BCUT2D eigenvalue weighted by molar-refractivity contribution is 0.0554. The fourth-order valence-corrected chi connectivity index (χ4v) is 3.29. The molecule has 0 heterocycles. The first kappa shape index (κ1) is 17.7. The van der Waals surface area contributed by atoms with Gasteiger partial charge in [-0.1, -0.05) is 13.3 Å². The highest BCUT2D eigenvalue weighted by Gasteiger charge is 2.25. The molecule has 7 heteroatoms. The van der Waals surface area contributed by atoms with Crippen LogP contribution in [0.1, 0.15) is 26.7 Å². The summed E-state index contributed by atoms with van der Waals surface area (Å²) in [4.78, 5) is -0.0170. The van der Waals surface area contributed by atoms with E-state index in [0.29, 0.717) is 12.2 Å². The molecule has 0 fully saturated rings. The summed E-state index contributed by atoms with van der Waals surface area (Å²) in [5.74, 6) is 0.634. The number of hydrogen-bond donors (Lipinski definition) is 2. The van der Waals surface area contributed by atoms with Crippen molar-refractivity contribution in [3.05, 3.63) is 18.2 Å². The number of ether oxygens (including phenoxy) is 2. The zero-order chi connectivity index (χ0) is 16.1. The van der Waals surface area contributed by atoms with Gasteiger partial charge in [0.1, 0.15) is 16.4 Å². The van der Waals surface area contributed by atoms with E-state index in [0.717, 1.165) is 6.42 Å². The van der Waals surface area contributed by atoms with Crippen molar-refractivity contribution < 1.29 is 23.0 Å². The Morgan fingerprint density at radius 3 is 2.48 bits per heavy atom. The first-order valence-electron chi connectivity index (χ1n) is 6.70. The van der Waals surface area contributed by atoms with Crippen molar-refractivity contribution in [2.75, 3.05) is 20.8 Å². The molecule has 6 nitrogen and oxygen atoms in total. The van der Waals surface area contributed by atoms with Gasteiger partial charge >= 0.3 is 0 Å². The molecule has 1 aromatic rings. The lowest BCUT2D eigenvalue weighted by atomic mass is 10.0. The summed E-state index contributed by atoms with van der Waals surface area (Å²) < 4.78 is 37.3. The van der Waals surface area contributed by atoms with E-state index in [1.54, 1.807) is 13.0 Å². The predicted molar refractivity (Wildman–Crippen MR) is 80.3 cm³/mol. The van der Waals surface area contributed by atoms with E-state index < -0.39 is 15.6 Å². The minimum Gasteiger partial charge on any atom is -0.497 e. The summed E-state index contributed by atoms with van der Waals surface area (Å²) >= 11 is 0. The molecule has 2 N–H and O–H groups in total. The molecule has 0 aromatic heterocycles. The third-order valence-corrected chi connectivity index (χ3v) is 4.51. The van der Waals surface area contributed by atoms with Gasteiger partial charge in [0, 0.05) is 12.6 Å². The quantitative estimate of drug-likeness (QED) is 0.759. The Morgan fingerprint density at radius 1 is 1.29 bits per heavy atom. The Balaban J connectivity index is 3.02. The lowest BCUT2D eigenvalue weighted by Crippen LogP contribution is -2.40. The summed E-state index contributed by atoms with van der Waals surface area (Å²) in [6.07, 6.45) is 1.27. The van der Waals surface area contributed by atoms with Crippen molar-refractivity contribution in [1.29, 1.82) is 0 Å². The molecule has 1 rings (SSSR count). The van der Waals surface area contributed by atoms with Crippen LogP contribution in [-0.4, -0.2) is 39.9 Å². The van der Waals surface area contributed by atoms with Gasteiger partial charge in [-0.3, -0.25) is 0 Å². The molecule has 0 aliphatic rings. The average Bonchev–Trinajstić information content (AvgIpc) is 2.44. The Labute approximate surface area is 126 Å². The maximum Gasteiger partial charge on any atom is 0.244 e. The first-order valence-corrected chi connectivity index (χ1v) is 8.18. The molecule has 0 bridgehead atoms. The third-order valence-electron chi connectivity index (χ3n) is 3.09. The van der Waals surface area contributed by atoms with Crippen molar-refractivity contribution >= 4 is 10.0 Å². The molecule has 1 aromatic carbocycles.